The Hall–Kier alpha value is -1.93. The van der Waals surface area contributed by atoms with E-state index in [-0.39, 0.29) is 5.69 Å². The molecule has 19 heavy (non-hydrogen) atoms. The Morgan fingerprint density at radius 1 is 1.37 bits per heavy atom. The third-order valence-corrected chi connectivity index (χ3v) is 2.05. The Labute approximate surface area is 106 Å². The summed E-state index contributed by atoms with van der Waals surface area (Å²) in [5.41, 5.74) is -0.230. The molecule has 0 fully saturated rings. The fourth-order valence-electron chi connectivity index (χ4n) is 1.08. The number of alkyl halides is 4. The summed E-state index contributed by atoms with van der Waals surface area (Å²) in [5.74, 6) is -4.85. The zero-order valence-electron chi connectivity index (χ0n) is 9.96. The minimum absolute atomic E-state index is 0.230. The zero-order chi connectivity index (χ0) is 14.5. The zero-order valence-corrected chi connectivity index (χ0v) is 9.96. The van der Waals surface area contributed by atoms with E-state index in [0.717, 1.165) is 6.20 Å². The first-order valence-corrected chi connectivity index (χ1v) is 5.37. The van der Waals surface area contributed by atoms with Crippen molar-refractivity contribution in [2.45, 2.75) is 19.3 Å². The van der Waals surface area contributed by atoms with Crippen molar-refractivity contribution in [3.63, 3.8) is 0 Å². The van der Waals surface area contributed by atoms with Crippen LogP contribution in [0.4, 0.5) is 23.4 Å². The van der Waals surface area contributed by atoms with Crippen LogP contribution in [0.2, 0.25) is 0 Å². The van der Waals surface area contributed by atoms with Gasteiger partial charge in [0.15, 0.2) is 0 Å². The molecule has 0 unspecified atom stereocenters. The fraction of sp³-hybridized carbons (Fsp3) is 0.500. The molecule has 0 atom stereocenters. The minimum atomic E-state index is -4.27. The van der Waals surface area contributed by atoms with Gasteiger partial charge in [-0.1, -0.05) is 0 Å². The van der Waals surface area contributed by atoms with Gasteiger partial charge in [0.05, 0.1) is 18.9 Å². The number of halogens is 4. The van der Waals surface area contributed by atoms with Gasteiger partial charge in [-0.15, -0.1) is 0 Å². The van der Waals surface area contributed by atoms with E-state index in [0.29, 0.717) is 12.4 Å². The highest BCUT2D eigenvalue weighted by atomic mass is 19.3. The lowest BCUT2D eigenvalue weighted by Gasteiger charge is -2.15. The van der Waals surface area contributed by atoms with E-state index in [4.69, 9.17) is 0 Å². The summed E-state index contributed by atoms with van der Waals surface area (Å²) in [6, 6.07) is 0. The quantitative estimate of drug-likeness (QED) is 0.776. The molecule has 2 N–H and O–H groups in total. The van der Waals surface area contributed by atoms with Gasteiger partial charge >= 0.3 is 12.3 Å². The summed E-state index contributed by atoms with van der Waals surface area (Å²) < 4.78 is 48.9. The largest absolute Gasteiger partial charge is 0.369 e. The van der Waals surface area contributed by atoms with Crippen LogP contribution in [-0.4, -0.2) is 41.3 Å². The van der Waals surface area contributed by atoms with Crippen molar-refractivity contribution in [1.29, 1.82) is 0 Å². The molecule has 9 heteroatoms. The average molecular weight is 280 g/mol. The van der Waals surface area contributed by atoms with Crippen molar-refractivity contribution in [3.05, 3.63) is 18.1 Å². The smallest absolute Gasteiger partial charge is 0.324 e. The summed E-state index contributed by atoms with van der Waals surface area (Å²) in [6.07, 6.45) is -1.53. The number of aromatic nitrogens is 2. The number of carbonyl (C=O) groups is 1. The van der Waals surface area contributed by atoms with E-state index in [9.17, 15) is 22.4 Å². The van der Waals surface area contributed by atoms with E-state index in [1.807, 2.05) is 6.92 Å². The van der Waals surface area contributed by atoms with Gasteiger partial charge in [0, 0.05) is 6.54 Å². The number of amides is 1. The second kappa shape index (κ2) is 6.30. The van der Waals surface area contributed by atoms with Crippen molar-refractivity contribution in [2.24, 2.45) is 0 Å². The molecule has 1 rings (SSSR count). The van der Waals surface area contributed by atoms with Gasteiger partial charge in [0.2, 0.25) is 0 Å². The molecule has 5 nitrogen and oxygen atoms in total. The number of hydrogen-bond acceptors (Lipinski definition) is 4. The monoisotopic (exact) mass is 280 g/mol. The first-order chi connectivity index (χ1) is 8.86. The minimum Gasteiger partial charge on any atom is -0.369 e. The van der Waals surface area contributed by atoms with Gasteiger partial charge in [0.1, 0.15) is 11.5 Å². The third-order valence-electron chi connectivity index (χ3n) is 2.05. The van der Waals surface area contributed by atoms with Gasteiger partial charge in [-0.05, 0) is 6.92 Å². The van der Waals surface area contributed by atoms with Gasteiger partial charge in [-0.2, -0.15) is 8.78 Å². The van der Waals surface area contributed by atoms with Gasteiger partial charge in [-0.25, -0.2) is 18.7 Å². The lowest BCUT2D eigenvalue weighted by Crippen LogP contribution is -2.41. The normalized spacial score (nSPS) is 11.5. The first-order valence-electron chi connectivity index (χ1n) is 5.37. The number of carbonyl (C=O) groups excluding carboxylic acids is 1. The van der Waals surface area contributed by atoms with Gasteiger partial charge in [-0.3, -0.25) is 4.79 Å². The van der Waals surface area contributed by atoms with Crippen LogP contribution in [0.3, 0.4) is 0 Å². The molecule has 0 spiro atoms. The van der Waals surface area contributed by atoms with Crippen LogP contribution in [0.15, 0.2) is 12.4 Å². The third kappa shape index (κ3) is 4.34. The van der Waals surface area contributed by atoms with E-state index in [1.54, 1.807) is 5.32 Å². The summed E-state index contributed by atoms with van der Waals surface area (Å²) in [7, 11) is 0. The Kier molecular flexibility index (Phi) is 5.02. The molecule has 106 valence electrons. The molecule has 1 amide bonds. The standard InChI is InChI=1S/C10H12F4N4O/c1-2-15-7-4-16-6(3-17-7)8(19)18-5-10(13,14)9(11)12/h3-4,9H,2,5H2,1H3,(H,15,17)(H,18,19). The molecular weight excluding hydrogens is 268 g/mol. The SMILES string of the molecule is CCNc1cnc(C(=O)NCC(F)(F)C(F)F)cn1. The maximum Gasteiger partial charge on any atom is 0.324 e. The molecule has 0 aromatic carbocycles. The topological polar surface area (TPSA) is 66.9 Å². The number of hydrogen-bond donors (Lipinski definition) is 2. The van der Waals surface area contributed by atoms with Crippen LogP contribution in [0.25, 0.3) is 0 Å². The van der Waals surface area contributed by atoms with Crippen molar-refractivity contribution < 1.29 is 22.4 Å². The van der Waals surface area contributed by atoms with E-state index in [1.165, 1.54) is 6.20 Å². The Morgan fingerprint density at radius 2 is 2.05 bits per heavy atom. The summed E-state index contributed by atoms with van der Waals surface area (Å²) in [6.45, 7) is 0.968. The first kappa shape index (κ1) is 15.1. The Balaban J connectivity index is 2.59. The molecule has 0 aliphatic rings. The van der Waals surface area contributed by atoms with Crippen LogP contribution < -0.4 is 10.6 Å². The van der Waals surface area contributed by atoms with Crippen LogP contribution in [0.5, 0.6) is 0 Å². The summed E-state index contributed by atoms with van der Waals surface area (Å²) >= 11 is 0. The second-order valence-electron chi connectivity index (χ2n) is 3.56. The summed E-state index contributed by atoms with van der Waals surface area (Å²) in [4.78, 5) is 18.8. The lowest BCUT2D eigenvalue weighted by molar-refractivity contribution is -0.123. The second-order valence-corrected chi connectivity index (χ2v) is 3.56. The molecular formula is C10H12F4N4O. The Bertz CT molecular complexity index is 424. The van der Waals surface area contributed by atoms with Crippen LogP contribution in [0.1, 0.15) is 17.4 Å². The van der Waals surface area contributed by atoms with Crippen LogP contribution in [-0.2, 0) is 0 Å². The van der Waals surface area contributed by atoms with Crippen LogP contribution in [0, 0.1) is 0 Å². The highest BCUT2D eigenvalue weighted by Crippen LogP contribution is 2.21. The van der Waals surface area contributed by atoms with Gasteiger partial charge in [0.25, 0.3) is 5.91 Å². The van der Waals surface area contributed by atoms with E-state index in [2.05, 4.69) is 15.3 Å². The molecule has 0 saturated carbocycles. The number of nitrogens with one attached hydrogen (secondary N) is 2. The van der Waals surface area contributed by atoms with Gasteiger partial charge < -0.3 is 10.6 Å². The number of nitrogens with zero attached hydrogens (tertiary/aromatic N) is 2. The molecule has 1 aromatic rings. The van der Waals surface area contributed by atoms with Crippen molar-refractivity contribution in [1.82, 2.24) is 15.3 Å². The summed E-state index contributed by atoms with van der Waals surface area (Å²) in [5, 5.41) is 4.50. The highest BCUT2D eigenvalue weighted by Gasteiger charge is 2.40. The molecule has 1 heterocycles. The average Bonchev–Trinajstić information content (AvgIpc) is 2.37. The molecule has 1 aromatic heterocycles. The lowest BCUT2D eigenvalue weighted by atomic mass is 10.3. The maximum absolute atomic E-state index is 12.6. The predicted octanol–water partition coefficient (Wildman–Crippen LogP) is 1.54. The number of anilines is 1. The highest BCUT2D eigenvalue weighted by molar-refractivity contribution is 5.92. The van der Waals surface area contributed by atoms with Crippen molar-refractivity contribution in [3.8, 4) is 0 Å². The molecule has 0 bridgehead atoms. The predicted molar refractivity (Wildman–Crippen MR) is 59.5 cm³/mol. The van der Waals surface area contributed by atoms with Crippen LogP contribution >= 0.6 is 0 Å². The molecule has 0 aliphatic carbocycles. The van der Waals surface area contributed by atoms with E-state index >= 15 is 0 Å². The molecule has 0 saturated heterocycles. The maximum atomic E-state index is 12.6. The Morgan fingerprint density at radius 3 is 2.53 bits per heavy atom. The van der Waals surface area contributed by atoms with Crippen molar-refractivity contribution >= 4 is 11.7 Å². The fourth-order valence-corrected chi connectivity index (χ4v) is 1.08. The van der Waals surface area contributed by atoms with Crippen molar-refractivity contribution in [2.75, 3.05) is 18.4 Å². The molecule has 0 aliphatic heterocycles. The molecule has 0 radical (unpaired) electrons. The van der Waals surface area contributed by atoms with E-state index < -0.39 is 24.8 Å². The number of rotatable bonds is 6.